The summed E-state index contributed by atoms with van der Waals surface area (Å²) in [6.07, 6.45) is 0.946. The lowest BCUT2D eigenvalue weighted by atomic mass is 10.2. The highest BCUT2D eigenvalue weighted by Crippen LogP contribution is 2.13. The molecule has 1 aromatic heterocycles. The minimum atomic E-state index is 0.228. The Labute approximate surface area is 119 Å². The average Bonchev–Trinajstić information content (AvgIpc) is 2.91. The van der Waals surface area contributed by atoms with Gasteiger partial charge in [0.2, 0.25) is 5.91 Å². The predicted octanol–water partition coefficient (Wildman–Crippen LogP) is 1.04. The number of hydrogen-bond acceptors (Lipinski definition) is 4. The molecule has 0 aliphatic carbocycles. The van der Waals surface area contributed by atoms with Crippen LogP contribution in [-0.2, 0) is 11.2 Å². The molecule has 1 unspecified atom stereocenters. The van der Waals surface area contributed by atoms with Gasteiger partial charge in [-0.2, -0.15) is 0 Å². The Balaban J connectivity index is 1.80. The van der Waals surface area contributed by atoms with Gasteiger partial charge in [-0.25, -0.2) is 0 Å². The maximum Gasteiger partial charge on any atom is 0.236 e. The molecule has 1 aromatic rings. The van der Waals surface area contributed by atoms with Crippen molar-refractivity contribution in [3.8, 4) is 0 Å². The number of amides is 1. The lowest BCUT2D eigenvalue weighted by Crippen LogP contribution is -2.49. The van der Waals surface area contributed by atoms with Crippen LogP contribution in [0.25, 0.3) is 0 Å². The van der Waals surface area contributed by atoms with Crippen LogP contribution in [0.3, 0.4) is 0 Å². The standard InChI is InChI=1S/C14H23N3OS/c1-12(10-13-4-3-9-19-13)16(2)14(18)11-17-7-5-15-6-8-17/h3-4,9,12,15H,5-8,10-11H2,1-2H3. The van der Waals surface area contributed by atoms with Crippen LogP contribution in [-0.4, -0.2) is 61.5 Å². The zero-order valence-electron chi connectivity index (χ0n) is 11.8. The molecule has 0 aromatic carbocycles. The average molecular weight is 281 g/mol. The zero-order chi connectivity index (χ0) is 13.7. The van der Waals surface area contributed by atoms with E-state index in [0.717, 1.165) is 32.6 Å². The number of nitrogens with one attached hydrogen (secondary N) is 1. The maximum absolute atomic E-state index is 12.2. The number of nitrogens with zero attached hydrogens (tertiary/aromatic N) is 2. The number of hydrogen-bond donors (Lipinski definition) is 1. The molecule has 1 N–H and O–H groups in total. The Hall–Kier alpha value is -0.910. The van der Waals surface area contributed by atoms with Crippen LogP contribution < -0.4 is 5.32 Å². The minimum absolute atomic E-state index is 0.228. The van der Waals surface area contributed by atoms with Gasteiger partial charge in [0.05, 0.1) is 6.54 Å². The summed E-state index contributed by atoms with van der Waals surface area (Å²) < 4.78 is 0. The van der Waals surface area contributed by atoms with Crippen LogP contribution in [0.4, 0.5) is 0 Å². The SMILES string of the molecule is CC(Cc1cccs1)N(C)C(=O)CN1CCNCC1. The minimum Gasteiger partial charge on any atom is -0.342 e. The number of carbonyl (C=O) groups excluding carboxylic acids is 1. The van der Waals surface area contributed by atoms with E-state index in [0.29, 0.717) is 6.54 Å². The van der Waals surface area contributed by atoms with Crippen LogP contribution >= 0.6 is 11.3 Å². The van der Waals surface area contributed by atoms with Crippen molar-refractivity contribution in [2.45, 2.75) is 19.4 Å². The lowest BCUT2D eigenvalue weighted by Gasteiger charge is -2.30. The molecule has 1 fully saturated rings. The molecule has 0 spiro atoms. The molecule has 19 heavy (non-hydrogen) atoms. The van der Waals surface area contributed by atoms with E-state index in [4.69, 9.17) is 0 Å². The van der Waals surface area contributed by atoms with E-state index in [9.17, 15) is 4.79 Å². The summed E-state index contributed by atoms with van der Waals surface area (Å²) in [7, 11) is 1.92. The fourth-order valence-electron chi connectivity index (χ4n) is 2.27. The fourth-order valence-corrected chi connectivity index (χ4v) is 3.10. The van der Waals surface area contributed by atoms with Crippen molar-refractivity contribution >= 4 is 17.2 Å². The van der Waals surface area contributed by atoms with Gasteiger partial charge in [-0.15, -0.1) is 11.3 Å². The number of piperazine rings is 1. The second kappa shape index (κ2) is 7.03. The zero-order valence-corrected chi connectivity index (χ0v) is 12.6. The van der Waals surface area contributed by atoms with Gasteiger partial charge in [0.25, 0.3) is 0 Å². The van der Waals surface area contributed by atoms with Crippen molar-refractivity contribution in [1.82, 2.24) is 15.1 Å². The van der Waals surface area contributed by atoms with E-state index in [1.165, 1.54) is 4.88 Å². The normalized spacial score (nSPS) is 18.2. The topological polar surface area (TPSA) is 35.6 Å². The summed E-state index contributed by atoms with van der Waals surface area (Å²) in [5.41, 5.74) is 0. The van der Waals surface area contributed by atoms with Crippen molar-refractivity contribution in [3.63, 3.8) is 0 Å². The van der Waals surface area contributed by atoms with Crippen molar-refractivity contribution < 1.29 is 4.79 Å². The highest BCUT2D eigenvalue weighted by Gasteiger charge is 2.20. The number of rotatable bonds is 5. The molecule has 1 aliphatic heterocycles. The van der Waals surface area contributed by atoms with E-state index < -0.39 is 0 Å². The summed E-state index contributed by atoms with van der Waals surface area (Å²) in [5.74, 6) is 0.228. The first kappa shape index (κ1) is 14.5. The monoisotopic (exact) mass is 281 g/mol. The number of thiophene rings is 1. The molecule has 1 aliphatic rings. The predicted molar refractivity (Wildman–Crippen MR) is 79.6 cm³/mol. The second-order valence-corrected chi connectivity index (χ2v) is 6.20. The van der Waals surface area contributed by atoms with E-state index in [1.54, 1.807) is 11.3 Å². The Morgan fingerprint density at radius 3 is 2.89 bits per heavy atom. The van der Waals surface area contributed by atoms with Crippen LogP contribution in [0.1, 0.15) is 11.8 Å². The summed E-state index contributed by atoms with van der Waals surface area (Å²) in [4.78, 5) is 17.7. The lowest BCUT2D eigenvalue weighted by molar-refractivity contribution is -0.133. The van der Waals surface area contributed by atoms with Crippen molar-refractivity contribution in [3.05, 3.63) is 22.4 Å². The molecular formula is C14H23N3OS. The second-order valence-electron chi connectivity index (χ2n) is 5.16. The molecule has 1 atom stereocenters. The quantitative estimate of drug-likeness (QED) is 0.876. The molecule has 106 valence electrons. The first-order valence-electron chi connectivity index (χ1n) is 6.88. The molecule has 1 saturated heterocycles. The summed E-state index contributed by atoms with van der Waals surface area (Å²) in [6.45, 7) is 6.59. The molecule has 2 heterocycles. The first-order chi connectivity index (χ1) is 9.16. The molecule has 0 saturated carbocycles. The fraction of sp³-hybridized carbons (Fsp3) is 0.643. The smallest absolute Gasteiger partial charge is 0.236 e. The first-order valence-corrected chi connectivity index (χ1v) is 7.76. The Kier molecular flexibility index (Phi) is 5.36. The third-order valence-corrected chi connectivity index (χ3v) is 4.60. The van der Waals surface area contributed by atoms with Crippen molar-refractivity contribution in [1.29, 1.82) is 0 Å². The van der Waals surface area contributed by atoms with Gasteiger partial charge in [-0.1, -0.05) is 6.07 Å². The van der Waals surface area contributed by atoms with Gasteiger partial charge >= 0.3 is 0 Å². The van der Waals surface area contributed by atoms with Gasteiger partial charge in [-0.3, -0.25) is 9.69 Å². The molecule has 0 bridgehead atoms. The Bertz CT molecular complexity index is 387. The Morgan fingerprint density at radius 2 is 2.26 bits per heavy atom. The van der Waals surface area contributed by atoms with Crippen molar-refractivity contribution in [2.24, 2.45) is 0 Å². The molecule has 5 heteroatoms. The molecule has 2 rings (SSSR count). The van der Waals surface area contributed by atoms with Crippen LogP contribution in [0.5, 0.6) is 0 Å². The molecule has 4 nitrogen and oxygen atoms in total. The van der Waals surface area contributed by atoms with Gasteiger partial charge in [-0.05, 0) is 18.4 Å². The number of carbonyl (C=O) groups is 1. The van der Waals surface area contributed by atoms with E-state index in [-0.39, 0.29) is 11.9 Å². The van der Waals surface area contributed by atoms with Gasteiger partial charge in [0, 0.05) is 50.6 Å². The highest BCUT2D eigenvalue weighted by molar-refractivity contribution is 7.09. The number of likely N-dealkylation sites (N-methyl/N-ethyl adjacent to an activating group) is 1. The molecular weight excluding hydrogens is 258 g/mol. The maximum atomic E-state index is 12.2. The van der Waals surface area contributed by atoms with E-state index in [2.05, 4.69) is 34.7 Å². The third kappa shape index (κ3) is 4.30. The van der Waals surface area contributed by atoms with E-state index >= 15 is 0 Å². The largest absolute Gasteiger partial charge is 0.342 e. The van der Waals surface area contributed by atoms with E-state index in [1.807, 2.05) is 11.9 Å². The Morgan fingerprint density at radius 1 is 1.53 bits per heavy atom. The highest BCUT2D eigenvalue weighted by atomic mass is 32.1. The van der Waals surface area contributed by atoms with Crippen molar-refractivity contribution in [2.75, 3.05) is 39.8 Å². The summed E-state index contributed by atoms with van der Waals surface area (Å²) in [6, 6.07) is 4.46. The molecule has 1 amide bonds. The molecule has 0 radical (unpaired) electrons. The van der Waals surface area contributed by atoms with Gasteiger partial charge in [0.15, 0.2) is 0 Å². The van der Waals surface area contributed by atoms with Crippen LogP contribution in [0, 0.1) is 0 Å². The van der Waals surface area contributed by atoms with Gasteiger partial charge < -0.3 is 10.2 Å². The van der Waals surface area contributed by atoms with Crippen LogP contribution in [0.15, 0.2) is 17.5 Å². The summed E-state index contributed by atoms with van der Waals surface area (Å²) >= 11 is 1.76. The summed E-state index contributed by atoms with van der Waals surface area (Å²) in [5, 5.41) is 5.39. The van der Waals surface area contributed by atoms with Crippen LogP contribution in [0.2, 0.25) is 0 Å². The van der Waals surface area contributed by atoms with Gasteiger partial charge in [0.1, 0.15) is 0 Å². The third-order valence-electron chi connectivity index (χ3n) is 3.70.